The minimum Gasteiger partial charge on any atom is -0.506 e. The van der Waals surface area contributed by atoms with Crippen molar-refractivity contribution in [3.63, 3.8) is 0 Å². The van der Waals surface area contributed by atoms with Gasteiger partial charge in [0.15, 0.2) is 0 Å². The second kappa shape index (κ2) is 5.95. The number of rotatable bonds is 2. The summed E-state index contributed by atoms with van der Waals surface area (Å²) in [5.41, 5.74) is 0.675. The molecule has 2 aromatic carbocycles. The number of Topliss-reactive ketones (excluding diaryl/α,β-unsaturated/α-hetero) is 1. The van der Waals surface area contributed by atoms with Crippen molar-refractivity contribution in [2.24, 2.45) is 0 Å². The Morgan fingerprint density at radius 2 is 1.61 bits per heavy atom. The van der Waals surface area contributed by atoms with Crippen LogP contribution in [0.25, 0.3) is 5.76 Å². The maximum Gasteiger partial charge on any atom is 0.304 e. The Kier molecular flexibility index (Phi) is 3.98. The van der Waals surface area contributed by atoms with Crippen molar-refractivity contribution in [1.29, 1.82) is 0 Å². The van der Waals surface area contributed by atoms with Crippen molar-refractivity contribution in [3.05, 3.63) is 70.8 Å². The summed E-state index contributed by atoms with van der Waals surface area (Å²) in [7, 11) is 0. The van der Waals surface area contributed by atoms with E-state index in [1.807, 2.05) is 0 Å². The fourth-order valence-corrected chi connectivity index (χ4v) is 2.79. The summed E-state index contributed by atoms with van der Waals surface area (Å²) in [6.07, 6.45) is 0. The zero-order chi connectivity index (χ0) is 16.6. The Morgan fingerprint density at radius 1 is 1.00 bits per heavy atom. The molecular formula is C17H10ClNO3S. The van der Waals surface area contributed by atoms with E-state index in [-0.39, 0.29) is 16.3 Å². The molecule has 0 unspecified atom stereocenters. The SMILES string of the molecule is O=C1C(=O)N(c2ccccc2)C(=S)/C1=C(/O)c1ccc(Cl)cc1. The molecule has 114 valence electrons. The number of hydrogen-bond acceptors (Lipinski definition) is 4. The molecule has 1 N–H and O–H groups in total. The summed E-state index contributed by atoms with van der Waals surface area (Å²) in [5, 5.41) is 10.9. The van der Waals surface area contributed by atoms with Gasteiger partial charge in [0.2, 0.25) is 0 Å². The molecule has 0 radical (unpaired) electrons. The van der Waals surface area contributed by atoms with Crippen LogP contribution in [0.1, 0.15) is 5.56 Å². The number of carbonyl (C=O) groups is 2. The molecule has 0 aliphatic carbocycles. The molecule has 1 heterocycles. The molecule has 6 heteroatoms. The van der Waals surface area contributed by atoms with E-state index >= 15 is 0 Å². The molecule has 0 saturated carbocycles. The lowest BCUT2D eigenvalue weighted by Crippen LogP contribution is -2.29. The number of para-hydroxylation sites is 1. The van der Waals surface area contributed by atoms with Crippen molar-refractivity contribution in [3.8, 4) is 0 Å². The molecule has 0 aromatic heterocycles. The van der Waals surface area contributed by atoms with Crippen molar-refractivity contribution in [2.45, 2.75) is 0 Å². The predicted octanol–water partition coefficient (Wildman–Crippen LogP) is 3.55. The zero-order valence-corrected chi connectivity index (χ0v) is 13.3. The van der Waals surface area contributed by atoms with E-state index in [2.05, 4.69) is 0 Å². The number of aliphatic hydroxyl groups excluding tert-OH is 1. The average Bonchev–Trinajstić information content (AvgIpc) is 2.78. The monoisotopic (exact) mass is 343 g/mol. The molecule has 1 amide bonds. The van der Waals surface area contributed by atoms with Gasteiger partial charge >= 0.3 is 5.91 Å². The van der Waals surface area contributed by atoms with Crippen LogP contribution >= 0.6 is 23.8 Å². The topological polar surface area (TPSA) is 57.6 Å². The van der Waals surface area contributed by atoms with Gasteiger partial charge in [-0.1, -0.05) is 42.0 Å². The Balaban J connectivity index is 2.09. The lowest BCUT2D eigenvalue weighted by molar-refractivity contribution is -0.132. The van der Waals surface area contributed by atoms with Gasteiger partial charge in [0, 0.05) is 10.6 Å². The van der Waals surface area contributed by atoms with Crippen molar-refractivity contribution in [1.82, 2.24) is 0 Å². The second-order valence-electron chi connectivity index (χ2n) is 4.84. The highest BCUT2D eigenvalue weighted by molar-refractivity contribution is 7.81. The molecule has 0 atom stereocenters. The molecule has 23 heavy (non-hydrogen) atoms. The van der Waals surface area contributed by atoms with Gasteiger partial charge < -0.3 is 5.11 Å². The largest absolute Gasteiger partial charge is 0.506 e. The standard InChI is InChI=1S/C17H10ClNO3S/c18-11-8-6-10(7-9-11)14(20)13-15(21)16(22)19(17(13)23)12-4-2-1-3-5-12/h1-9,20H/b14-13+. The lowest BCUT2D eigenvalue weighted by atomic mass is 10.1. The van der Waals surface area contributed by atoms with Crippen LogP contribution in [-0.2, 0) is 9.59 Å². The van der Waals surface area contributed by atoms with E-state index in [1.54, 1.807) is 54.6 Å². The third-order valence-electron chi connectivity index (χ3n) is 3.41. The number of ketones is 1. The van der Waals surface area contributed by atoms with E-state index in [1.165, 1.54) is 0 Å². The minimum absolute atomic E-state index is 0.0151. The van der Waals surface area contributed by atoms with Crippen molar-refractivity contribution >= 4 is 51.9 Å². The molecule has 0 spiro atoms. The van der Waals surface area contributed by atoms with Gasteiger partial charge in [0.25, 0.3) is 5.78 Å². The number of hydrogen-bond donors (Lipinski definition) is 1. The number of thiocarbonyl (C=S) groups is 1. The summed E-state index contributed by atoms with van der Waals surface area (Å²) in [4.78, 5) is 25.6. The van der Waals surface area contributed by atoms with E-state index in [0.29, 0.717) is 16.3 Å². The summed E-state index contributed by atoms with van der Waals surface area (Å²) in [6, 6.07) is 14.8. The number of amides is 1. The summed E-state index contributed by atoms with van der Waals surface area (Å²) >= 11 is 11.0. The third kappa shape index (κ3) is 2.65. The molecule has 4 nitrogen and oxygen atoms in total. The number of benzene rings is 2. The minimum atomic E-state index is -0.827. The Morgan fingerprint density at radius 3 is 2.22 bits per heavy atom. The van der Waals surface area contributed by atoms with Crippen LogP contribution in [0.3, 0.4) is 0 Å². The van der Waals surface area contributed by atoms with E-state index in [0.717, 1.165) is 4.90 Å². The van der Waals surface area contributed by atoms with Crippen LogP contribution in [0.5, 0.6) is 0 Å². The molecule has 1 aliphatic rings. The fraction of sp³-hybridized carbons (Fsp3) is 0. The van der Waals surface area contributed by atoms with E-state index in [9.17, 15) is 14.7 Å². The molecule has 1 saturated heterocycles. The fourth-order valence-electron chi connectivity index (χ4n) is 2.28. The quantitative estimate of drug-likeness (QED) is 0.392. The first-order chi connectivity index (χ1) is 11.0. The summed E-state index contributed by atoms with van der Waals surface area (Å²) in [5.74, 6) is -1.94. The summed E-state index contributed by atoms with van der Waals surface area (Å²) in [6.45, 7) is 0. The first kappa shape index (κ1) is 15.4. The highest BCUT2D eigenvalue weighted by atomic mass is 35.5. The molecular weight excluding hydrogens is 334 g/mol. The number of carbonyl (C=O) groups excluding carboxylic acids is 2. The number of anilines is 1. The van der Waals surface area contributed by atoms with Crippen LogP contribution in [0.15, 0.2) is 60.2 Å². The van der Waals surface area contributed by atoms with Gasteiger partial charge in [-0.05, 0) is 36.4 Å². The smallest absolute Gasteiger partial charge is 0.304 e. The Hall–Kier alpha value is -2.50. The molecule has 3 rings (SSSR count). The highest BCUT2D eigenvalue weighted by Gasteiger charge is 2.42. The molecule has 1 fully saturated rings. The van der Waals surface area contributed by atoms with Crippen molar-refractivity contribution < 1.29 is 14.7 Å². The van der Waals surface area contributed by atoms with E-state index in [4.69, 9.17) is 23.8 Å². The van der Waals surface area contributed by atoms with Crippen LogP contribution < -0.4 is 4.90 Å². The van der Waals surface area contributed by atoms with Crippen LogP contribution in [-0.4, -0.2) is 21.8 Å². The van der Waals surface area contributed by atoms with Crippen molar-refractivity contribution in [2.75, 3.05) is 4.90 Å². The molecule has 0 bridgehead atoms. The maximum absolute atomic E-state index is 12.3. The number of nitrogens with zero attached hydrogens (tertiary/aromatic N) is 1. The van der Waals surface area contributed by atoms with Gasteiger partial charge in [0.05, 0.1) is 5.69 Å². The predicted molar refractivity (Wildman–Crippen MR) is 92.5 cm³/mol. The van der Waals surface area contributed by atoms with Crippen LogP contribution in [0.2, 0.25) is 5.02 Å². The molecule has 1 aliphatic heterocycles. The van der Waals surface area contributed by atoms with Gasteiger partial charge in [-0.2, -0.15) is 0 Å². The van der Waals surface area contributed by atoms with Crippen LogP contribution in [0, 0.1) is 0 Å². The lowest BCUT2D eigenvalue weighted by Gasteiger charge is -2.14. The van der Waals surface area contributed by atoms with Crippen LogP contribution in [0.4, 0.5) is 5.69 Å². The normalized spacial score (nSPS) is 16.9. The highest BCUT2D eigenvalue weighted by Crippen LogP contribution is 2.29. The number of halogens is 1. The van der Waals surface area contributed by atoms with E-state index < -0.39 is 11.7 Å². The second-order valence-corrected chi connectivity index (χ2v) is 5.66. The van der Waals surface area contributed by atoms with Gasteiger partial charge in [-0.25, -0.2) is 0 Å². The first-order valence-electron chi connectivity index (χ1n) is 6.68. The molecule has 2 aromatic rings. The first-order valence-corrected chi connectivity index (χ1v) is 7.46. The average molecular weight is 344 g/mol. The third-order valence-corrected chi connectivity index (χ3v) is 4.05. The van der Waals surface area contributed by atoms with Gasteiger partial charge in [0.1, 0.15) is 16.3 Å². The Labute approximate surface area is 142 Å². The van der Waals surface area contributed by atoms with Gasteiger partial charge in [-0.3, -0.25) is 14.5 Å². The zero-order valence-electron chi connectivity index (χ0n) is 11.7. The number of aliphatic hydroxyl groups is 1. The maximum atomic E-state index is 12.3. The van der Waals surface area contributed by atoms with Gasteiger partial charge in [-0.15, -0.1) is 0 Å². The Bertz CT molecular complexity index is 844. The summed E-state index contributed by atoms with van der Waals surface area (Å²) < 4.78 is 0.